The number of carboxylic acids is 1. The molecule has 0 bridgehead atoms. The molecule has 1 atom stereocenters. The summed E-state index contributed by atoms with van der Waals surface area (Å²) in [5.74, 6) is -1.50. The van der Waals surface area contributed by atoms with E-state index in [0.717, 1.165) is 11.8 Å². The summed E-state index contributed by atoms with van der Waals surface area (Å²) in [5.41, 5.74) is 4.83. The topological polar surface area (TPSA) is 122 Å². The summed E-state index contributed by atoms with van der Waals surface area (Å²) < 4.78 is 0. The smallest absolute Gasteiger partial charge is 0.321 e. The number of urea groups is 1. The average molecular weight is 277 g/mol. The molecule has 0 saturated heterocycles. The van der Waals surface area contributed by atoms with Crippen LogP contribution in [0.25, 0.3) is 0 Å². The maximum Gasteiger partial charge on any atom is 0.321 e. The van der Waals surface area contributed by atoms with Crippen LogP contribution in [0.2, 0.25) is 0 Å². The molecular formula is C10H19N3O4S. The number of carbonyl (C=O) groups excluding carboxylic acids is 2. The first-order chi connectivity index (χ1) is 8.11. The summed E-state index contributed by atoms with van der Waals surface area (Å²) in [6, 6.07) is -1.58. The third kappa shape index (κ3) is 8.82. The number of carbonyl (C=O) groups is 3. The monoisotopic (exact) mass is 277 g/mol. The number of rotatable bonds is 5. The van der Waals surface area contributed by atoms with Gasteiger partial charge in [0.2, 0.25) is 5.91 Å². The molecule has 0 fully saturated rings. The van der Waals surface area contributed by atoms with Gasteiger partial charge in [-0.1, -0.05) is 0 Å². The van der Waals surface area contributed by atoms with Crippen molar-refractivity contribution in [3.63, 3.8) is 0 Å². The Balaban J connectivity index is 3.85. The van der Waals surface area contributed by atoms with Crippen LogP contribution in [0.15, 0.2) is 0 Å². The quantitative estimate of drug-likeness (QED) is 0.550. The summed E-state index contributed by atoms with van der Waals surface area (Å²) in [5, 5.41) is 13.2. The number of nitrogens with one attached hydrogen (secondary N) is 2. The lowest BCUT2D eigenvalue weighted by Gasteiger charge is -2.20. The lowest BCUT2D eigenvalue weighted by molar-refractivity contribution is -0.138. The Kier molecular flexibility index (Phi) is 6.71. The molecule has 104 valence electrons. The van der Waals surface area contributed by atoms with Crippen LogP contribution in [0.5, 0.6) is 0 Å². The van der Waals surface area contributed by atoms with Crippen molar-refractivity contribution < 1.29 is 19.5 Å². The van der Waals surface area contributed by atoms with E-state index in [4.69, 9.17) is 10.8 Å². The van der Waals surface area contributed by atoms with Crippen molar-refractivity contribution in [2.45, 2.75) is 32.4 Å². The highest BCUT2D eigenvalue weighted by molar-refractivity contribution is 8.00. The van der Waals surface area contributed by atoms with E-state index in [0.29, 0.717) is 0 Å². The summed E-state index contributed by atoms with van der Waals surface area (Å²) in [6.07, 6.45) is 0. The largest absolute Gasteiger partial charge is 0.480 e. The van der Waals surface area contributed by atoms with Gasteiger partial charge in [0.05, 0.1) is 5.75 Å². The van der Waals surface area contributed by atoms with Gasteiger partial charge >= 0.3 is 12.0 Å². The summed E-state index contributed by atoms with van der Waals surface area (Å²) in [4.78, 5) is 33.0. The van der Waals surface area contributed by atoms with E-state index in [1.165, 1.54) is 0 Å². The normalized spacial score (nSPS) is 12.7. The highest BCUT2D eigenvalue weighted by atomic mass is 32.2. The van der Waals surface area contributed by atoms with Crippen molar-refractivity contribution in [2.24, 2.45) is 5.73 Å². The molecule has 18 heavy (non-hydrogen) atoms. The van der Waals surface area contributed by atoms with Crippen LogP contribution in [0.3, 0.4) is 0 Å². The average Bonchev–Trinajstić information content (AvgIpc) is 2.13. The zero-order valence-corrected chi connectivity index (χ0v) is 11.5. The second-order valence-corrected chi connectivity index (χ2v) is 5.74. The van der Waals surface area contributed by atoms with Gasteiger partial charge in [0.1, 0.15) is 6.04 Å². The van der Waals surface area contributed by atoms with Gasteiger partial charge in [-0.05, 0) is 20.8 Å². The number of hydrogen-bond donors (Lipinski definition) is 4. The van der Waals surface area contributed by atoms with Crippen molar-refractivity contribution in [3.8, 4) is 0 Å². The minimum absolute atomic E-state index is 0.0153. The van der Waals surface area contributed by atoms with E-state index in [9.17, 15) is 14.4 Å². The van der Waals surface area contributed by atoms with Gasteiger partial charge in [-0.2, -0.15) is 0 Å². The number of carboxylic acid groups (broad SMARTS) is 1. The molecule has 0 spiro atoms. The molecule has 0 aliphatic carbocycles. The van der Waals surface area contributed by atoms with E-state index >= 15 is 0 Å². The fourth-order valence-electron chi connectivity index (χ4n) is 0.884. The maximum absolute atomic E-state index is 11.3. The van der Waals surface area contributed by atoms with Gasteiger partial charge in [0, 0.05) is 11.3 Å². The molecule has 0 aliphatic heterocycles. The summed E-state index contributed by atoms with van der Waals surface area (Å²) in [6.45, 7) is 5.37. The molecule has 0 aromatic heterocycles. The highest BCUT2D eigenvalue weighted by Gasteiger charge is 2.16. The third-order valence-electron chi connectivity index (χ3n) is 1.59. The Hall–Kier alpha value is -1.28. The van der Waals surface area contributed by atoms with Crippen LogP contribution in [0.1, 0.15) is 20.8 Å². The van der Waals surface area contributed by atoms with Gasteiger partial charge in [-0.15, -0.1) is 11.8 Å². The van der Waals surface area contributed by atoms with E-state index in [1.807, 2.05) is 0 Å². The molecule has 0 aromatic rings. The van der Waals surface area contributed by atoms with Gasteiger partial charge in [-0.3, -0.25) is 14.9 Å². The SMILES string of the molecule is CC(C)(C)NC(=O)NC(=O)CSC[C@@H](N)C(=O)O. The first-order valence-corrected chi connectivity index (χ1v) is 6.45. The molecule has 0 rings (SSSR count). The van der Waals surface area contributed by atoms with Crippen molar-refractivity contribution in [3.05, 3.63) is 0 Å². The molecule has 0 unspecified atom stereocenters. The Morgan fingerprint density at radius 2 is 1.89 bits per heavy atom. The predicted molar refractivity (Wildman–Crippen MR) is 69.4 cm³/mol. The zero-order valence-electron chi connectivity index (χ0n) is 10.6. The number of nitrogens with two attached hydrogens (primary N) is 1. The Bertz CT molecular complexity index is 328. The molecule has 0 aliphatic rings. The first-order valence-electron chi connectivity index (χ1n) is 5.30. The van der Waals surface area contributed by atoms with Gasteiger partial charge in [-0.25, -0.2) is 4.79 Å². The van der Waals surface area contributed by atoms with Crippen LogP contribution in [0.4, 0.5) is 4.79 Å². The summed E-state index contributed by atoms with van der Waals surface area (Å²) >= 11 is 1.06. The first kappa shape index (κ1) is 16.7. The second-order valence-electron chi connectivity index (χ2n) is 4.71. The number of aliphatic carboxylic acids is 1. The maximum atomic E-state index is 11.3. The number of hydrogen-bond acceptors (Lipinski definition) is 5. The van der Waals surface area contributed by atoms with Crippen molar-refractivity contribution in [1.82, 2.24) is 10.6 Å². The molecular weight excluding hydrogens is 258 g/mol. The lowest BCUT2D eigenvalue weighted by Crippen LogP contribution is -2.48. The van der Waals surface area contributed by atoms with E-state index in [-0.39, 0.29) is 11.5 Å². The molecule has 0 heterocycles. The minimum Gasteiger partial charge on any atom is -0.480 e. The fraction of sp³-hybridized carbons (Fsp3) is 0.700. The van der Waals surface area contributed by atoms with Gasteiger partial charge in [0.15, 0.2) is 0 Å². The van der Waals surface area contributed by atoms with Gasteiger partial charge in [0.25, 0.3) is 0 Å². The fourth-order valence-corrected chi connectivity index (χ4v) is 1.66. The lowest BCUT2D eigenvalue weighted by atomic mass is 10.1. The molecule has 0 radical (unpaired) electrons. The standard InChI is InChI=1S/C10H19N3O4S/c1-10(2,3)13-9(17)12-7(14)5-18-4-6(11)8(15)16/h6H,4-5,11H2,1-3H3,(H,15,16)(H2,12,13,14,17)/t6-/m1/s1. The summed E-state index contributed by atoms with van der Waals surface area (Å²) in [7, 11) is 0. The van der Waals surface area contributed by atoms with Crippen molar-refractivity contribution >= 4 is 29.7 Å². The number of amides is 3. The zero-order chi connectivity index (χ0) is 14.3. The molecule has 8 heteroatoms. The van der Waals surface area contributed by atoms with Crippen LogP contribution < -0.4 is 16.4 Å². The third-order valence-corrected chi connectivity index (χ3v) is 2.65. The number of thioether (sulfide) groups is 1. The Labute approximate surface area is 110 Å². The minimum atomic E-state index is -1.12. The second kappa shape index (κ2) is 7.22. The van der Waals surface area contributed by atoms with E-state index in [1.54, 1.807) is 20.8 Å². The molecule has 0 aromatic carbocycles. The van der Waals surface area contributed by atoms with Crippen LogP contribution in [0, 0.1) is 0 Å². The molecule has 5 N–H and O–H groups in total. The molecule has 3 amide bonds. The molecule has 0 saturated carbocycles. The van der Waals surface area contributed by atoms with E-state index in [2.05, 4.69) is 10.6 Å². The Morgan fingerprint density at radius 1 is 1.33 bits per heavy atom. The predicted octanol–water partition coefficient (Wildman–Crippen LogP) is -0.244. The van der Waals surface area contributed by atoms with Crippen LogP contribution >= 0.6 is 11.8 Å². The molecule has 7 nitrogen and oxygen atoms in total. The van der Waals surface area contributed by atoms with Crippen molar-refractivity contribution in [1.29, 1.82) is 0 Å². The van der Waals surface area contributed by atoms with E-state index < -0.39 is 29.5 Å². The van der Waals surface area contributed by atoms with Crippen LogP contribution in [-0.2, 0) is 9.59 Å². The number of imide groups is 1. The van der Waals surface area contributed by atoms with Crippen molar-refractivity contribution in [2.75, 3.05) is 11.5 Å². The Morgan fingerprint density at radius 3 is 2.33 bits per heavy atom. The van der Waals surface area contributed by atoms with Gasteiger partial charge < -0.3 is 16.2 Å². The highest BCUT2D eigenvalue weighted by Crippen LogP contribution is 2.02. The van der Waals surface area contributed by atoms with Crippen LogP contribution in [-0.4, -0.2) is 46.1 Å².